The SMILES string of the molecule is Cc1ccc(-c2n[nH]c3c2CN(Cc2ccccc2)CC3)cc1. The fourth-order valence-corrected chi connectivity index (χ4v) is 3.28. The van der Waals surface area contributed by atoms with Crippen LogP contribution in [-0.2, 0) is 19.5 Å². The molecule has 0 spiro atoms. The van der Waals surface area contributed by atoms with E-state index in [0.717, 1.165) is 31.7 Å². The lowest BCUT2D eigenvalue weighted by Crippen LogP contribution is -2.29. The predicted molar refractivity (Wildman–Crippen MR) is 93.0 cm³/mol. The van der Waals surface area contributed by atoms with E-state index < -0.39 is 0 Å². The van der Waals surface area contributed by atoms with Gasteiger partial charge in [0.05, 0.1) is 5.69 Å². The first kappa shape index (κ1) is 14.2. The van der Waals surface area contributed by atoms with Crippen molar-refractivity contribution in [3.05, 3.63) is 77.0 Å². The summed E-state index contributed by atoms with van der Waals surface area (Å²) in [5, 5.41) is 7.83. The van der Waals surface area contributed by atoms with E-state index in [-0.39, 0.29) is 0 Å². The standard InChI is InChI=1S/C20H21N3/c1-15-7-9-17(10-8-15)20-18-14-23(12-11-19(18)21-22-20)13-16-5-3-2-4-6-16/h2-10H,11-14H2,1H3,(H,21,22). The smallest absolute Gasteiger partial charge is 0.0968 e. The second-order valence-corrected chi connectivity index (χ2v) is 6.34. The molecule has 4 rings (SSSR count). The van der Waals surface area contributed by atoms with Gasteiger partial charge in [-0.1, -0.05) is 60.2 Å². The summed E-state index contributed by atoms with van der Waals surface area (Å²) in [6.07, 6.45) is 1.04. The lowest BCUT2D eigenvalue weighted by molar-refractivity contribution is 0.245. The summed E-state index contributed by atoms with van der Waals surface area (Å²) in [5.74, 6) is 0. The Kier molecular flexibility index (Phi) is 3.72. The molecular formula is C20H21N3. The Morgan fingerprint density at radius 1 is 1.04 bits per heavy atom. The molecule has 23 heavy (non-hydrogen) atoms. The molecule has 0 unspecified atom stereocenters. The Morgan fingerprint density at radius 2 is 1.83 bits per heavy atom. The van der Waals surface area contributed by atoms with Crippen LogP contribution in [0.5, 0.6) is 0 Å². The minimum Gasteiger partial charge on any atom is -0.294 e. The van der Waals surface area contributed by atoms with E-state index in [0.29, 0.717) is 0 Å². The molecule has 2 aromatic carbocycles. The normalized spacial score (nSPS) is 14.7. The van der Waals surface area contributed by atoms with E-state index in [1.807, 2.05) is 0 Å². The predicted octanol–water partition coefficient (Wildman–Crippen LogP) is 3.94. The first-order chi connectivity index (χ1) is 11.3. The summed E-state index contributed by atoms with van der Waals surface area (Å²) in [5.41, 5.74) is 7.62. The Hall–Kier alpha value is -2.39. The number of aryl methyl sites for hydroxylation is 1. The van der Waals surface area contributed by atoms with Crippen molar-refractivity contribution < 1.29 is 0 Å². The number of hydrogen-bond acceptors (Lipinski definition) is 2. The number of nitrogens with one attached hydrogen (secondary N) is 1. The van der Waals surface area contributed by atoms with Crippen molar-refractivity contribution in [1.82, 2.24) is 15.1 Å². The van der Waals surface area contributed by atoms with Crippen molar-refractivity contribution in [2.75, 3.05) is 6.54 Å². The van der Waals surface area contributed by atoms with Crippen LogP contribution in [0.25, 0.3) is 11.3 Å². The molecule has 0 fully saturated rings. The number of benzene rings is 2. The molecule has 2 heterocycles. The zero-order chi connectivity index (χ0) is 15.6. The van der Waals surface area contributed by atoms with Crippen LogP contribution in [0, 0.1) is 6.92 Å². The van der Waals surface area contributed by atoms with E-state index in [2.05, 4.69) is 76.6 Å². The fourth-order valence-electron chi connectivity index (χ4n) is 3.28. The van der Waals surface area contributed by atoms with Gasteiger partial charge >= 0.3 is 0 Å². The van der Waals surface area contributed by atoms with Gasteiger partial charge in [-0.2, -0.15) is 5.10 Å². The molecule has 0 radical (unpaired) electrons. The van der Waals surface area contributed by atoms with Crippen LogP contribution in [0.1, 0.15) is 22.4 Å². The Bertz CT molecular complexity index is 788. The molecule has 3 aromatic rings. The molecule has 1 aliphatic heterocycles. The molecule has 1 N–H and O–H groups in total. The van der Waals surface area contributed by atoms with Gasteiger partial charge in [0.25, 0.3) is 0 Å². The van der Waals surface area contributed by atoms with Gasteiger partial charge in [0.15, 0.2) is 0 Å². The average molecular weight is 303 g/mol. The number of H-pyrrole nitrogens is 1. The van der Waals surface area contributed by atoms with Crippen molar-refractivity contribution in [3.63, 3.8) is 0 Å². The third kappa shape index (κ3) is 2.92. The molecule has 3 nitrogen and oxygen atoms in total. The van der Waals surface area contributed by atoms with Gasteiger partial charge < -0.3 is 0 Å². The first-order valence-electron chi connectivity index (χ1n) is 8.19. The quantitative estimate of drug-likeness (QED) is 0.794. The number of aromatic nitrogens is 2. The van der Waals surface area contributed by atoms with E-state index >= 15 is 0 Å². The Balaban J connectivity index is 1.59. The van der Waals surface area contributed by atoms with Gasteiger partial charge in [-0.25, -0.2) is 0 Å². The summed E-state index contributed by atoms with van der Waals surface area (Å²) in [4.78, 5) is 2.50. The van der Waals surface area contributed by atoms with Gasteiger partial charge in [0.2, 0.25) is 0 Å². The van der Waals surface area contributed by atoms with Crippen molar-refractivity contribution in [2.45, 2.75) is 26.4 Å². The molecule has 0 bridgehead atoms. The average Bonchev–Trinajstić information content (AvgIpc) is 3.00. The highest BCUT2D eigenvalue weighted by Crippen LogP contribution is 2.29. The molecule has 0 saturated heterocycles. The van der Waals surface area contributed by atoms with Crippen LogP contribution in [0.2, 0.25) is 0 Å². The van der Waals surface area contributed by atoms with E-state index in [9.17, 15) is 0 Å². The van der Waals surface area contributed by atoms with Crippen molar-refractivity contribution in [2.24, 2.45) is 0 Å². The summed E-state index contributed by atoms with van der Waals surface area (Å²) < 4.78 is 0. The zero-order valence-electron chi connectivity index (χ0n) is 13.4. The van der Waals surface area contributed by atoms with Gasteiger partial charge in [-0.3, -0.25) is 10.00 Å². The molecule has 0 saturated carbocycles. The van der Waals surface area contributed by atoms with E-state index in [4.69, 9.17) is 0 Å². The monoisotopic (exact) mass is 303 g/mol. The van der Waals surface area contributed by atoms with Crippen molar-refractivity contribution in [1.29, 1.82) is 0 Å². The Morgan fingerprint density at radius 3 is 2.61 bits per heavy atom. The number of hydrogen-bond donors (Lipinski definition) is 1. The number of nitrogens with zero attached hydrogens (tertiary/aromatic N) is 2. The fraction of sp³-hybridized carbons (Fsp3) is 0.250. The minimum absolute atomic E-state index is 0.962. The highest BCUT2D eigenvalue weighted by molar-refractivity contribution is 5.64. The second-order valence-electron chi connectivity index (χ2n) is 6.34. The lowest BCUT2D eigenvalue weighted by atomic mass is 10.00. The maximum Gasteiger partial charge on any atom is 0.0968 e. The van der Waals surface area contributed by atoms with Crippen molar-refractivity contribution >= 4 is 0 Å². The first-order valence-corrected chi connectivity index (χ1v) is 8.19. The highest BCUT2D eigenvalue weighted by Gasteiger charge is 2.22. The molecule has 1 aromatic heterocycles. The number of aromatic amines is 1. The van der Waals surface area contributed by atoms with E-state index in [1.54, 1.807) is 0 Å². The largest absolute Gasteiger partial charge is 0.294 e. The summed E-state index contributed by atoms with van der Waals surface area (Å²) in [7, 11) is 0. The van der Waals surface area contributed by atoms with Crippen LogP contribution in [-0.4, -0.2) is 21.6 Å². The third-order valence-corrected chi connectivity index (χ3v) is 4.59. The zero-order valence-corrected chi connectivity index (χ0v) is 13.4. The van der Waals surface area contributed by atoms with Crippen LogP contribution in [0.4, 0.5) is 0 Å². The third-order valence-electron chi connectivity index (χ3n) is 4.59. The maximum atomic E-state index is 4.59. The minimum atomic E-state index is 0.962. The van der Waals surface area contributed by atoms with Gasteiger partial charge in [0, 0.05) is 42.9 Å². The van der Waals surface area contributed by atoms with Crippen LogP contribution >= 0.6 is 0 Å². The second kappa shape index (κ2) is 6.01. The van der Waals surface area contributed by atoms with Crippen LogP contribution in [0.15, 0.2) is 54.6 Å². The van der Waals surface area contributed by atoms with Gasteiger partial charge in [0.1, 0.15) is 0 Å². The molecule has 0 aliphatic carbocycles. The molecule has 1 aliphatic rings. The van der Waals surface area contributed by atoms with Crippen LogP contribution in [0.3, 0.4) is 0 Å². The highest BCUT2D eigenvalue weighted by atomic mass is 15.2. The molecule has 0 amide bonds. The molecule has 0 atom stereocenters. The topological polar surface area (TPSA) is 31.9 Å². The summed E-state index contributed by atoms with van der Waals surface area (Å²) in [6.45, 7) is 5.16. The number of rotatable bonds is 3. The lowest BCUT2D eigenvalue weighted by Gasteiger charge is -2.27. The molecule has 3 heteroatoms. The summed E-state index contributed by atoms with van der Waals surface area (Å²) in [6, 6.07) is 19.3. The van der Waals surface area contributed by atoms with E-state index in [1.165, 1.54) is 27.9 Å². The molecular weight excluding hydrogens is 282 g/mol. The van der Waals surface area contributed by atoms with Crippen molar-refractivity contribution in [3.8, 4) is 11.3 Å². The van der Waals surface area contributed by atoms with Crippen LogP contribution < -0.4 is 0 Å². The summed E-state index contributed by atoms with van der Waals surface area (Å²) >= 11 is 0. The molecule has 116 valence electrons. The maximum absolute atomic E-state index is 4.59. The van der Waals surface area contributed by atoms with Gasteiger partial charge in [-0.05, 0) is 12.5 Å². The Labute approximate surface area is 137 Å². The van der Waals surface area contributed by atoms with Gasteiger partial charge in [-0.15, -0.1) is 0 Å². The number of fused-ring (bicyclic) bond motifs is 1.